The van der Waals surface area contributed by atoms with Crippen molar-refractivity contribution < 1.29 is 13.6 Å². The predicted molar refractivity (Wildman–Crippen MR) is 142 cm³/mol. The molecule has 2 nitrogen and oxygen atoms in total. The Morgan fingerprint density at radius 1 is 1.09 bits per heavy atom. The van der Waals surface area contributed by atoms with Gasteiger partial charge in [-0.15, -0.1) is 0 Å². The zero-order valence-corrected chi connectivity index (χ0v) is 23.1. The highest BCUT2D eigenvalue weighted by Crippen LogP contribution is 2.53. The van der Waals surface area contributed by atoms with Crippen LogP contribution in [0.3, 0.4) is 0 Å². The fraction of sp³-hybridized carbons (Fsp3) is 0.667. The Labute approximate surface area is 208 Å². The largest absolute Gasteiger partial charge is 0.304 e. The van der Waals surface area contributed by atoms with Gasteiger partial charge in [-0.1, -0.05) is 71.4 Å². The molecule has 0 unspecified atom stereocenters. The molecule has 1 fully saturated rings. The summed E-state index contributed by atoms with van der Waals surface area (Å²) < 4.78 is 26.6. The lowest BCUT2D eigenvalue weighted by molar-refractivity contribution is -0.106. The van der Waals surface area contributed by atoms with Crippen LogP contribution in [-0.4, -0.2) is 11.3 Å². The quantitative estimate of drug-likeness (QED) is 0.301. The highest BCUT2D eigenvalue weighted by Gasteiger charge is 2.39. The van der Waals surface area contributed by atoms with Crippen molar-refractivity contribution in [1.29, 1.82) is 0 Å². The molecular weight excluding hydrogens is 428 g/mol. The second-order valence-electron chi connectivity index (χ2n) is 10.0. The molecule has 0 aliphatic heterocycles. The van der Waals surface area contributed by atoms with E-state index in [1.165, 1.54) is 57.1 Å². The van der Waals surface area contributed by atoms with Crippen LogP contribution in [0.25, 0.3) is 0 Å². The van der Waals surface area contributed by atoms with Crippen LogP contribution in [0.1, 0.15) is 118 Å². The van der Waals surface area contributed by atoms with Gasteiger partial charge in [0.05, 0.1) is 0 Å². The van der Waals surface area contributed by atoms with Crippen LogP contribution in [0.5, 0.6) is 0 Å². The van der Waals surface area contributed by atoms with Gasteiger partial charge in [-0.2, -0.15) is 8.78 Å². The summed E-state index contributed by atoms with van der Waals surface area (Å²) in [6.45, 7) is 19.0. The number of aldehydes is 1. The first-order valence-corrected chi connectivity index (χ1v) is 13.1. The second kappa shape index (κ2) is 15.2. The monoisotopic (exact) mass is 477 g/mol. The summed E-state index contributed by atoms with van der Waals surface area (Å²) in [5.41, 5.74) is 4.61. The number of pyridine rings is 1. The third kappa shape index (κ3) is 11.1. The second-order valence-corrected chi connectivity index (χ2v) is 10.0. The van der Waals surface area contributed by atoms with Crippen molar-refractivity contribution in [2.45, 2.75) is 119 Å². The Kier molecular flexibility index (Phi) is 14.4. The first-order valence-electron chi connectivity index (χ1n) is 13.1. The summed E-state index contributed by atoms with van der Waals surface area (Å²) >= 11 is 0. The van der Waals surface area contributed by atoms with Crippen LogP contribution in [0, 0.1) is 10.8 Å². The fourth-order valence-electron chi connectivity index (χ4n) is 4.75. The van der Waals surface area contributed by atoms with Crippen molar-refractivity contribution in [3.8, 4) is 0 Å². The number of halogens is 2. The van der Waals surface area contributed by atoms with Crippen molar-refractivity contribution >= 4 is 6.29 Å². The normalized spacial score (nSPS) is 16.8. The van der Waals surface area contributed by atoms with Gasteiger partial charge < -0.3 is 4.79 Å². The van der Waals surface area contributed by atoms with Crippen molar-refractivity contribution in [1.82, 2.24) is 4.98 Å². The molecule has 194 valence electrons. The van der Waals surface area contributed by atoms with Crippen LogP contribution in [0.2, 0.25) is 0 Å². The zero-order valence-electron chi connectivity index (χ0n) is 23.1. The Hall–Kier alpha value is -1.84. The molecule has 4 heteroatoms. The van der Waals surface area contributed by atoms with Gasteiger partial charge in [0.15, 0.2) is 0 Å². The Bertz CT molecular complexity index is 749. The minimum atomic E-state index is -2.87. The van der Waals surface area contributed by atoms with Crippen molar-refractivity contribution in [3.63, 3.8) is 0 Å². The molecule has 0 N–H and O–H groups in total. The van der Waals surface area contributed by atoms with Gasteiger partial charge in [0.25, 0.3) is 5.92 Å². The highest BCUT2D eigenvalue weighted by atomic mass is 19.3. The molecule has 0 saturated heterocycles. The van der Waals surface area contributed by atoms with Crippen LogP contribution < -0.4 is 0 Å². The fourth-order valence-corrected chi connectivity index (χ4v) is 4.75. The number of aromatic nitrogens is 1. The van der Waals surface area contributed by atoms with E-state index in [9.17, 15) is 8.78 Å². The molecule has 1 spiro atoms. The molecule has 0 bridgehead atoms. The van der Waals surface area contributed by atoms with E-state index in [1.807, 2.05) is 27.7 Å². The minimum Gasteiger partial charge on any atom is -0.304 e. The topological polar surface area (TPSA) is 30.0 Å². The summed E-state index contributed by atoms with van der Waals surface area (Å²) in [6, 6.07) is 3.27. The number of alkyl halides is 2. The van der Waals surface area contributed by atoms with E-state index in [-0.39, 0.29) is 11.1 Å². The molecule has 2 aliphatic carbocycles. The molecule has 0 amide bonds. The van der Waals surface area contributed by atoms with E-state index < -0.39 is 5.92 Å². The molecule has 0 radical (unpaired) electrons. The smallest absolute Gasteiger partial charge is 0.286 e. The standard InChI is InChI=1S/C24H33F2N.C2H4O.2C2H6/c1-18-14-24(15-18)11-5-6-19(10-13-24)9-12-22(2,3)16-20-7-8-21(27-17-20)23(4,25)26;1-2-3;2*1-2/h6-8,17H,1,5,9-16H2,2-4H3;2H,1H3;2*1-2H3. The molecule has 2 aliphatic rings. The SMILES string of the molecule is C=C1CC2(CCC=C(CCC(C)(C)Cc3ccc(C(C)(F)F)nc3)CC2)C1.CC.CC.CC=O. The van der Waals surface area contributed by atoms with Gasteiger partial charge in [-0.3, -0.25) is 4.98 Å². The van der Waals surface area contributed by atoms with Crippen LogP contribution in [0.15, 0.2) is 42.1 Å². The predicted octanol–water partition coefficient (Wildman–Crippen LogP) is 9.64. The maximum Gasteiger partial charge on any atom is 0.286 e. The van der Waals surface area contributed by atoms with E-state index in [1.54, 1.807) is 17.8 Å². The molecule has 3 rings (SSSR count). The molecule has 0 atom stereocenters. The number of rotatable bonds is 6. The number of nitrogens with zero attached hydrogens (tertiary/aromatic N) is 1. The molecule has 1 heterocycles. The van der Waals surface area contributed by atoms with Gasteiger partial charge in [0.1, 0.15) is 12.0 Å². The van der Waals surface area contributed by atoms with Crippen LogP contribution >= 0.6 is 0 Å². The van der Waals surface area contributed by atoms with E-state index in [4.69, 9.17) is 4.79 Å². The van der Waals surface area contributed by atoms with Gasteiger partial charge in [-0.25, -0.2) is 0 Å². The van der Waals surface area contributed by atoms with Gasteiger partial charge in [0.2, 0.25) is 0 Å². The van der Waals surface area contributed by atoms with Gasteiger partial charge in [0, 0.05) is 13.1 Å². The third-order valence-electron chi connectivity index (χ3n) is 6.41. The number of hydrogen-bond acceptors (Lipinski definition) is 2. The average molecular weight is 478 g/mol. The maximum absolute atomic E-state index is 13.3. The molecular formula is C30H49F2NO. The first kappa shape index (κ1) is 32.2. The van der Waals surface area contributed by atoms with Crippen molar-refractivity contribution in [2.75, 3.05) is 0 Å². The zero-order chi connectivity index (χ0) is 26.4. The number of carbonyl (C=O) groups is 1. The highest BCUT2D eigenvalue weighted by molar-refractivity contribution is 5.44. The molecule has 0 aromatic carbocycles. The first-order chi connectivity index (χ1) is 16.0. The lowest BCUT2D eigenvalue weighted by Gasteiger charge is -2.43. The number of allylic oxidation sites excluding steroid dienone is 3. The number of hydrogen-bond donors (Lipinski definition) is 0. The maximum atomic E-state index is 13.3. The van der Waals surface area contributed by atoms with Crippen LogP contribution in [0.4, 0.5) is 8.78 Å². The average Bonchev–Trinajstić information content (AvgIpc) is 2.98. The minimum absolute atomic E-state index is 0.132. The van der Waals surface area contributed by atoms with E-state index in [0.717, 1.165) is 38.0 Å². The Balaban J connectivity index is 0.00000141. The molecule has 34 heavy (non-hydrogen) atoms. The van der Waals surface area contributed by atoms with Crippen molar-refractivity contribution in [3.05, 3.63) is 53.4 Å². The van der Waals surface area contributed by atoms with Gasteiger partial charge >= 0.3 is 0 Å². The van der Waals surface area contributed by atoms with E-state index in [2.05, 4.69) is 31.5 Å². The molecule has 1 aromatic rings. The van der Waals surface area contributed by atoms with Crippen LogP contribution in [-0.2, 0) is 17.1 Å². The molecule has 1 saturated carbocycles. The summed E-state index contributed by atoms with van der Waals surface area (Å²) in [5, 5.41) is 0. The van der Waals surface area contributed by atoms with Crippen molar-refractivity contribution in [2.24, 2.45) is 10.8 Å². The molecule has 1 aromatic heterocycles. The summed E-state index contributed by atoms with van der Waals surface area (Å²) in [7, 11) is 0. The van der Waals surface area contributed by atoms with Gasteiger partial charge in [-0.05, 0) is 87.2 Å². The van der Waals surface area contributed by atoms with E-state index >= 15 is 0 Å². The van der Waals surface area contributed by atoms with E-state index in [0.29, 0.717) is 5.41 Å². The number of carbonyl (C=O) groups excluding carboxylic acids is 1. The lowest BCUT2D eigenvalue weighted by atomic mass is 9.61. The lowest BCUT2D eigenvalue weighted by Crippen LogP contribution is -2.30. The Morgan fingerprint density at radius 2 is 1.68 bits per heavy atom. The Morgan fingerprint density at radius 3 is 2.15 bits per heavy atom. The summed E-state index contributed by atoms with van der Waals surface area (Å²) in [4.78, 5) is 12.8. The summed E-state index contributed by atoms with van der Waals surface area (Å²) in [5.74, 6) is -2.87. The summed E-state index contributed by atoms with van der Waals surface area (Å²) in [6.07, 6.45) is 15.5. The third-order valence-corrected chi connectivity index (χ3v) is 6.41.